The number of para-hydroxylation sites is 1. The van der Waals surface area contributed by atoms with Crippen LogP contribution in [-0.2, 0) is 9.59 Å². The molecule has 0 unspecified atom stereocenters. The van der Waals surface area contributed by atoms with E-state index in [-0.39, 0.29) is 17.6 Å². The maximum atomic E-state index is 11.3. The van der Waals surface area contributed by atoms with E-state index in [1.54, 1.807) is 24.3 Å². The summed E-state index contributed by atoms with van der Waals surface area (Å²) in [6.07, 6.45) is 0. The highest BCUT2D eigenvalue weighted by Gasteiger charge is 2.03. The molecule has 6 nitrogen and oxygen atoms in total. The van der Waals surface area contributed by atoms with Crippen LogP contribution in [0, 0.1) is 0 Å². The standard InChI is InChI=1S/C11H13N3O3S/c1-8(15)12-11(18)14-13-10(16)7-17-9-5-3-2-4-6-9/h2-6H,7H2,1H3,(H,13,16)(H2,12,14,15,18). The molecule has 96 valence electrons. The van der Waals surface area contributed by atoms with Gasteiger partial charge in [-0.3, -0.25) is 20.4 Å². The van der Waals surface area contributed by atoms with E-state index in [9.17, 15) is 9.59 Å². The highest BCUT2D eigenvalue weighted by molar-refractivity contribution is 7.80. The van der Waals surface area contributed by atoms with Crippen molar-refractivity contribution in [2.45, 2.75) is 6.92 Å². The molecule has 0 saturated heterocycles. The van der Waals surface area contributed by atoms with Crippen molar-refractivity contribution in [2.24, 2.45) is 0 Å². The van der Waals surface area contributed by atoms with E-state index in [1.807, 2.05) is 6.07 Å². The molecule has 7 heteroatoms. The van der Waals surface area contributed by atoms with Crippen LogP contribution in [0.25, 0.3) is 0 Å². The Labute approximate surface area is 110 Å². The van der Waals surface area contributed by atoms with Gasteiger partial charge in [0, 0.05) is 6.92 Å². The zero-order valence-electron chi connectivity index (χ0n) is 9.73. The molecule has 0 atom stereocenters. The van der Waals surface area contributed by atoms with Crippen molar-refractivity contribution in [3.05, 3.63) is 30.3 Å². The molecule has 0 aromatic heterocycles. The third-order valence-corrected chi connectivity index (χ3v) is 1.92. The summed E-state index contributed by atoms with van der Waals surface area (Å²) < 4.78 is 5.20. The molecule has 1 aromatic carbocycles. The predicted octanol–water partition coefficient (Wildman–Crippen LogP) is 0.107. The number of amides is 2. The Kier molecular flexibility index (Phi) is 5.59. The summed E-state index contributed by atoms with van der Waals surface area (Å²) in [7, 11) is 0. The molecule has 3 N–H and O–H groups in total. The van der Waals surface area contributed by atoms with Gasteiger partial charge in [-0.25, -0.2) is 0 Å². The van der Waals surface area contributed by atoms with Crippen LogP contribution in [0.3, 0.4) is 0 Å². The van der Waals surface area contributed by atoms with E-state index in [2.05, 4.69) is 16.2 Å². The summed E-state index contributed by atoms with van der Waals surface area (Å²) in [5, 5.41) is 2.32. The van der Waals surface area contributed by atoms with Crippen molar-refractivity contribution in [3.8, 4) is 5.75 Å². The van der Waals surface area contributed by atoms with Gasteiger partial charge in [0.1, 0.15) is 5.75 Å². The average molecular weight is 267 g/mol. The molecule has 0 fully saturated rings. The molecule has 0 bridgehead atoms. The maximum absolute atomic E-state index is 11.3. The van der Waals surface area contributed by atoms with Crippen LogP contribution in [-0.4, -0.2) is 23.5 Å². The van der Waals surface area contributed by atoms with Crippen LogP contribution in [0.4, 0.5) is 0 Å². The van der Waals surface area contributed by atoms with E-state index in [0.29, 0.717) is 5.75 Å². The minimum atomic E-state index is -0.411. The molecule has 0 heterocycles. The van der Waals surface area contributed by atoms with Crippen molar-refractivity contribution >= 4 is 29.1 Å². The number of carbonyl (C=O) groups excluding carboxylic acids is 2. The Morgan fingerprint density at radius 1 is 1.22 bits per heavy atom. The van der Waals surface area contributed by atoms with Crippen molar-refractivity contribution in [1.82, 2.24) is 16.2 Å². The van der Waals surface area contributed by atoms with Gasteiger partial charge in [-0.2, -0.15) is 0 Å². The van der Waals surface area contributed by atoms with Crippen LogP contribution in [0.1, 0.15) is 6.92 Å². The average Bonchev–Trinajstić information content (AvgIpc) is 2.34. The number of rotatable bonds is 3. The third-order valence-electron chi connectivity index (χ3n) is 1.72. The number of thiocarbonyl (C=S) groups is 1. The summed E-state index contributed by atoms with van der Waals surface area (Å²) in [6, 6.07) is 8.93. The molecular formula is C11H13N3O3S. The monoisotopic (exact) mass is 267 g/mol. The summed E-state index contributed by atoms with van der Waals surface area (Å²) in [5.41, 5.74) is 4.66. The molecule has 0 aliphatic heterocycles. The first-order valence-corrected chi connectivity index (χ1v) is 5.53. The molecule has 18 heavy (non-hydrogen) atoms. The summed E-state index contributed by atoms with van der Waals surface area (Å²) >= 11 is 4.73. The van der Waals surface area contributed by atoms with Gasteiger partial charge in [0.25, 0.3) is 5.91 Å². The fourth-order valence-electron chi connectivity index (χ4n) is 1.02. The number of hydrogen-bond acceptors (Lipinski definition) is 4. The van der Waals surface area contributed by atoms with Gasteiger partial charge in [0.2, 0.25) is 5.91 Å². The number of nitrogens with one attached hydrogen (secondary N) is 3. The van der Waals surface area contributed by atoms with Crippen LogP contribution in [0.5, 0.6) is 5.75 Å². The van der Waals surface area contributed by atoms with Gasteiger partial charge >= 0.3 is 0 Å². The number of hydrogen-bond donors (Lipinski definition) is 3. The van der Waals surface area contributed by atoms with Gasteiger partial charge in [-0.05, 0) is 24.4 Å². The van der Waals surface area contributed by atoms with Gasteiger partial charge in [0.05, 0.1) is 0 Å². The lowest BCUT2D eigenvalue weighted by Crippen LogP contribution is -2.49. The first-order valence-electron chi connectivity index (χ1n) is 5.12. The number of hydrazine groups is 1. The van der Waals surface area contributed by atoms with E-state index in [4.69, 9.17) is 17.0 Å². The number of carbonyl (C=O) groups is 2. The largest absolute Gasteiger partial charge is 0.484 e. The van der Waals surface area contributed by atoms with Crippen LogP contribution >= 0.6 is 12.2 Å². The molecular weight excluding hydrogens is 254 g/mol. The molecule has 0 saturated carbocycles. The van der Waals surface area contributed by atoms with Crippen molar-refractivity contribution in [3.63, 3.8) is 0 Å². The van der Waals surface area contributed by atoms with Crippen molar-refractivity contribution in [2.75, 3.05) is 6.61 Å². The van der Waals surface area contributed by atoms with Crippen molar-refractivity contribution < 1.29 is 14.3 Å². The molecule has 1 aromatic rings. The number of ether oxygens (including phenoxy) is 1. The third kappa shape index (κ3) is 5.80. The predicted molar refractivity (Wildman–Crippen MR) is 69.6 cm³/mol. The fraction of sp³-hybridized carbons (Fsp3) is 0.182. The molecule has 0 aliphatic rings. The minimum absolute atomic E-state index is 0.0237. The topological polar surface area (TPSA) is 79.5 Å². The van der Waals surface area contributed by atoms with E-state index >= 15 is 0 Å². The lowest BCUT2D eigenvalue weighted by Gasteiger charge is -2.10. The molecule has 1 rings (SSSR count). The Morgan fingerprint density at radius 2 is 1.89 bits per heavy atom. The molecule has 0 radical (unpaired) electrons. The van der Waals surface area contributed by atoms with Crippen LogP contribution in [0.15, 0.2) is 30.3 Å². The number of benzene rings is 1. The maximum Gasteiger partial charge on any atom is 0.276 e. The van der Waals surface area contributed by atoms with Gasteiger partial charge < -0.3 is 10.1 Å². The lowest BCUT2D eigenvalue weighted by atomic mass is 10.3. The molecule has 0 spiro atoms. The molecule has 2 amide bonds. The van der Waals surface area contributed by atoms with E-state index < -0.39 is 5.91 Å². The highest BCUT2D eigenvalue weighted by Crippen LogP contribution is 2.07. The van der Waals surface area contributed by atoms with Crippen LogP contribution < -0.4 is 20.9 Å². The SMILES string of the molecule is CC(=O)NC(=S)NNC(=O)COc1ccccc1. The van der Waals surface area contributed by atoms with Gasteiger partial charge in [-0.15, -0.1) is 0 Å². The van der Waals surface area contributed by atoms with Gasteiger partial charge in [0.15, 0.2) is 11.7 Å². The zero-order chi connectivity index (χ0) is 13.4. The minimum Gasteiger partial charge on any atom is -0.484 e. The summed E-state index contributed by atoms with van der Waals surface area (Å²) in [5.74, 6) is -0.133. The second-order valence-corrected chi connectivity index (χ2v) is 3.69. The Morgan fingerprint density at radius 3 is 2.50 bits per heavy atom. The highest BCUT2D eigenvalue weighted by atomic mass is 32.1. The molecule has 0 aliphatic carbocycles. The van der Waals surface area contributed by atoms with E-state index in [1.165, 1.54) is 6.92 Å². The smallest absolute Gasteiger partial charge is 0.276 e. The fourth-order valence-corrected chi connectivity index (χ4v) is 1.21. The first kappa shape index (κ1) is 13.9. The Hall–Kier alpha value is -2.15. The van der Waals surface area contributed by atoms with Crippen molar-refractivity contribution in [1.29, 1.82) is 0 Å². The summed E-state index contributed by atoms with van der Waals surface area (Å²) in [6.45, 7) is 1.16. The second kappa shape index (κ2) is 7.23. The zero-order valence-corrected chi connectivity index (χ0v) is 10.5. The van der Waals surface area contributed by atoms with Crippen LogP contribution in [0.2, 0.25) is 0 Å². The Balaban J connectivity index is 2.22. The second-order valence-electron chi connectivity index (χ2n) is 3.29. The lowest BCUT2D eigenvalue weighted by molar-refractivity contribution is -0.124. The Bertz CT molecular complexity index is 436. The normalized spacial score (nSPS) is 9.17. The summed E-state index contributed by atoms with van der Waals surface area (Å²) in [4.78, 5) is 22.0. The first-order chi connectivity index (χ1) is 8.58. The van der Waals surface area contributed by atoms with E-state index in [0.717, 1.165) is 0 Å². The van der Waals surface area contributed by atoms with Gasteiger partial charge in [-0.1, -0.05) is 18.2 Å². The quantitative estimate of drug-likeness (QED) is 0.535.